The summed E-state index contributed by atoms with van der Waals surface area (Å²) in [5.74, 6) is 0.428. The summed E-state index contributed by atoms with van der Waals surface area (Å²) < 4.78 is 15.8. The first-order valence-electron chi connectivity index (χ1n) is 13.3. The van der Waals surface area contributed by atoms with Crippen LogP contribution in [0.4, 0.5) is 14.9 Å². The number of piperidine rings is 1. The van der Waals surface area contributed by atoms with Crippen molar-refractivity contribution >= 4 is 34.5 Å². The van der Waals surface area contributed by atoms with E-state index in [1.54, 1.807) is 17.0 Å². The predicted molar refractivity (Wildman–Crippen MR) is 153 cm³/mol. The zero-order valence-corrected chi connectivity index (χ0v) is 22.3. The van der Waals surface area contributed by atoms with E-state index in [1.165, 1.54) is 12.1 Å². The largest absolute Gasteiger partial charge is 0.384 e. The summed E-state index contributed by atoms with van der Waals surface area (Å²) in [5, 5.41) is 12.9. The number of halogens is 1. The van der Waals surface area contributed by atoms with Gasteiger partial charge < -0.3 is 25.8 Å². The fourth-order valence-corrected chi connectivity index (χ4v) is 5.03. The highest BCUT2D eigenvalue weighted by Gasteiger charge is 2.25. The number of nitrogens with zero attached hydrogens (tertiary/aromatic N) is 3. The van der Waals surface area contributed by atoms with Crippen LogP contribution in [0, 0.1) is 11.2 Å². The zero-order valence-electron chi connectivity index (χ0n) is 22.3. The molecule has 1 aromatic heterocycles. The number of nitrogens with one attached hydrogen (secondary N) is 3. The Morgan fingerprint density at radius 3 is 2.42 bits per heavy atom. The topological polar surface area (TPSA) is 129 Å². The Hall–Kier alpha value is -4.73. The molecule has 5 rings (SSSR count). The molecular weight excluding hydrogens is 509 g/mol. The number of imidazole rings is 1. The minimum absolute atomic E-state index is 0.0531. The molecule has 1 saturated heterocycles. The fourth-order valence-electron chi connectivity index (χ4n) is 5.03. The Balaban J connectivity index is 1.17. The lowest BCUT2D eigenvalue weighted by Crippen LogP contribution is -2.47. The molecule has 1 aliphatic rings. The van der Waals surface area contributed by atoms with Crippen LogP contribution in [-0.4, -0.2) is 51.4 Å². The van der Waals surface area contributed by atoms with E-state index in [4.69, 9.17) is 16.1 Å². The molecule has 0 unspecified atom stereocenters. The number of carbonyl (C=O) groups excluding carboxylic acids is 2. The summed E-state index contributed by atoms with van der Waals surface area (Å²) in [5.41, 5.74) is 9.82. The van der Waals surface area contributed by atoms with Gasteiger partial charge in [0.25, 0.3) is 5.91 Å². The maximum atomic E-state index is 13.8. The van der Waals surface area contributed by atoms with E-state index in [1.807, 2.05) is 49.5 Å². The number of hydrogen-bond donors (Lipinski definition) is 4. The number of amides is 3. The molecular formula is C30H32FN7O2. The number of likely N-dealkylation sites (tertiary alicyclic amines) is 1. The van der Waals surface area contributed by atoms with Crippen LogP contribution in [0.2, 0.25) is 0 Å². The number of carbonyl (C=O) groups is 2. The molecule has 0 aliphatic carbocycles. The lowest BCUT2D eigenvalue weighted by atomic mass is 10.0. The number of rotatable bonds is 7. The van der Waals surface area contributed by atoms with Crippen molar-refractivity contribution in [2.24, 2.45) is 12.8 Å². The lowest BCUT2D eigenvalue weighted by Gasteiger charge is -2.32. The van der Waals surface area contributed by atoms with Crippen LogP contribution in [0.1, 0.15) is 40.2 Å². The van der Waals surface area contributed by atoms with Crippen molar-refractivity contribution in [1.29, 1.82) is 5.41 Å². The van der Waals surface area contributed by atoms with Gasteiger partial charge >= 0.3 is 6.03 Å². The summed E-state index contributed by atoms with van der Waals surface area (Å²) in [6.45, 7) is 1.02. The standard InChI is InChI=1S/C30H32FN7O2/c1-37-26-12-11-21(18-25(26)35-27(37)13-8-19-6-9-20(10-7-19)28(32)33)29(39)38-16-14-22(15-17-38)34-30(40)36-24-5-3-2-4-23(24)31/h2-7,9-12,18,22H,8,13-17H2,1H3,(H3,32,33)(H2,34,36,40). The second kappa shape index (κ2) is 11.6. The average molecular weight is 542 g/mol. The first-order valence-corrected chi connectivity index (χ1v) is 13.3. The van der Waals surface area contributed by atoms with E-state index >= 15 is 0 Å². The van der Waals surface area contributed by atoms with Gasteiger partial charge in [0.1, 0.15) is 17.5 Å². The van der Waals surface area contributed by atoms with Crippen molar-refractivity contribution in [3.8, 4) is 0 Å². The lowest BCUT2D eigenvalue weighted by molar-refractivity contribution is 0.0709. The van der Waals surface area contributed by atoms with Crippen LogP contribution in [0.25, 0.3) is 11.0 Å². The monoisotopic (exact) mass is 541 g/mol. The third kappa shape index (κ3) is 5.96. The van der Waals surface area contributed by atoms with Crippen molar-refractivity contribution in [3.63, 3.8) is 0 Å². The zero-order chi connectivity index (χ0) is 28.2. The molecule has 0 radical (unpaired) electrons. The molecule has 1 aliphatic heterocycles. The Bertz CT molecular complexity index is 1560. The van der Waals surface area contributed by atoms with E-state index in [9.17, 15) is 14.0 Å². The van der Waals surface area contributed by atoms with E-state index in [-0.39, 0.29) is 23.5 Å². The van der Waals surface area contributed by atoms with Gasteiger partial charge in [0.2, 0.25) is 0 Å². The predicted octanol–water partition coefficient (Wildman–Crippen LogP) is 4.21. The van der Waals surface area contributed by atoms with Crippen molar-refractivity contribution < 1.29 is 14.0 Å². The Morgan fingerprint density at radius 1 is 1.02 bits per heavy atom. The number of urea groups is 1. The molecule has 10 heteroatoms. The van der Waals surface area contributed by atoms with E-state index in [0.29, 0.717) is 37.1 Å². The van der Waals surface area contributed by atoms with Crippen LogP contribution in [0.15, 0.2) is 66.7 Å². The number of anilines is 1. The van der Waals surface area contributed by atoms with Crippen molar-refractivity contribution in [2.45, 2.75) is 31.7 Å². The Morgan fingerprint density at radius 2 is 1.73 bits per heavy atom. The summed E-state index contributed by atoms with van der Waals surface area (Å²) in [6, 6.07) is 18.7. The van der Waals surface area contributed by atoms with Crippen molar-refractivity contribution in [1.82, 2.24) is 19.8 Å². The number of nitrogens with two attached hydrogens (primary N) is 1. The van der Waals surface area contributed by atoms with Crippen LogP contribution >= 0.6 is 0 Å². The van der Waals surface area contributed by atoms with Gasteiger partial charge in [0.05, 0.1) is 16.7 Å². The van der Waals surface area contributed by atoms with Crippen LogP contribution in [-0.2, 0) is 19.9 Å². The highest BCUT2D eigenvalue weighted by atomic mass is 19.1. The van der Waals surface area contributed by atoms with Gasteiger partial charge in [-0.2, -0.15) is 0 Å². The second-order valence-electron chi connectivity index (χ2n) is 10.0. The minimum Gasteiger partial charge on any atom is -0.384 e. The maximum absolute atomic E-state index is 13.8. The highest BCUT2D eigenvalue weighted by molar-refractivity contribution is 5.97. The smallest absolute Gasteiger partial charge is 0.319 e. The van der Waals surface area contributed by atoms with Crippen LogP contribution < -0.4 is 16.4 Å². The van der Waals surface area contributed by atoms with E-state index < -0.39 is 11.8 Å². The van der Waals surface area contributed by atoms with Gasteiger partial charge in [-0.1, -0.05) is 36.4 Å². The number of benzene rings is 3. The number of fused-ring (bicyclic) bond motifs is 1. The number of nitrogen functional groups attached to an aromatic ring is 1. The first kappa shape index (κ1) is 26.9. The number of hydrogen-bond acceptors (Lipinski definition) is 4. The molecule has 3 aromatic carbocycles. The average Bonchev–Trinajstić information content (AvgIpc) is 3.27. The molecule has 206 valence electrons. The van der Waals surface area contributed by atoms with Gasteiger partial charge in [-0.05, 0) is 55.2 Å². The molecule has 0 bridgehead atoms. The fraction of sp³-hybridized carbons (Fsp3) is 0.267. The Kier molecular flexibility index (Phi) is 7.77. The SMILES string of the molecule is Cn1c(CCc2ccc(C(=N)N)cc2)nc2cc(C(=O)N3CCC(NC(=O)Nc4ccccc4F)CC3)ccc21. The van der Waals surface area contributed by atoms with E-state index in [0.717, 1.165) is 35.3 Å². The first-order chi connectivity index (χ1) is 19.3. The summed E-state index contributed by atoms with van der Waals surface area (Å²) >= 11 is 0. The molecule has 5 N–H and O–H groups in total. The normalized spacial score (nSPS) is 13.8. The van der Waals surface area contributed by atoms with Crippen LogP contribution in [0.3, 0.4) is 0 Å². The number of para-hydroxylation sites is 1. The van der Waals surface area contributed by atoms with Gasteiger partial charge in [0.15, 0.2) is 0 Å². The highest BCUT2D eigenvalue weighted by Crippen LogP contribution is 2.21. The molecule has 40 heavy (non-hydrogen) atoms. The molecule has 3 amide bonds. The maximum Gasteiger partial charge on any atom is 0.319 e. The van der Waals surface area contributed by atoms with E-state index in [2.05, 4.69) is 15.2 Å². The Labute approximate surface area is 231 Å². The third-order valence-corrected chi connectivity index (χ3v) is 7.36. The molecule has 0 atom stereocenters. The summed E-state index contributed by atoms with van der Waals surface area (Å²) in [6.07, 6.45) is 2.75. The number of aryl methyl sites for hydroxylation is 3. The molecule has 4 aromatic rings. The molecule has 1 fully saturated rings. The second-order valence-corrected chi connectivity index (χ2v) is 10.0. The van der Waals surface area contributed by atoms with Crippen molar-refractivity contribution in [2.75, 3.05) is 18.4 Å². The van der Waals surface area contributed by atoms with Gasteiger partial charge in [-0.25, -0.2) is 14.2 Å². The third-order valence-electron chi connectivity index (χ3n) is 7.36. The minimum atomic E-state index is -0.490. The number of aromatic nitrogens is 2. The van der Waals surface area contributed by atoms with Crippen LogP contribution in [0.5, 0.6) is 0 Å². The van der Waals surface area contributed by atoms with Gasteiger partial charge in [-0.3, -0.25) is 10.2 Å². The quantitative estimate of drug-likeness (QED) is 0.206. The number of amidine groups is 1. The van der Waals surface area contributed by atoms with Gasteiger partial charge in [-0.15, -0.1) is 0 Å². The molecule has 0 saturated carbocycles. The van der Waals surface area contributed by atoms with Gasteiger partial charge in [0, 0.05) is 43.7 Å². The summed E-state index contributed by atoms with van der Waals surface area (Å²) in [4.78, 5) is 32.2. The van der Waals surface area contributed by atoms with Crippen molar-refractivity contribution in [3.05, 3.63) is 95.1 Å². The molecule has 2 heterocycles. The molecule has 9 nitrogen and oxygen atoms in total. The summed E-state index contributed by atoms with van der Waals surface area (Å²) in [7, 11) is 1.98. The molecule has 0 spiro atoms.